The molecule has 8 nitrogen and oxygen atoms in total. The fourth-order valence-electron chi connectivity index (χ4n) is 6.10. The summed E-state index contributed by atoms with van der Waals surface area (Å²) in [5.41, 5.74) is 7.69. The number of aromatic nitrogens is 2. The van der Waals surface area contributed by atoms with Crippen molar-refractivity contribution < 1.29 is 19.0 Å². The Morgan fingerprint density at radius 1 is 0.978 bits per heavy atom. The fraction of sp³-hybridized carbons (Fsp3) is 0.194. The molecule has 0 saturated heterocycles. The Morgan fingerprint density at radius 2 is 1.71 bits per heavy atom. The molecule has 2 aromatic heterocycles. The van der Waals surface area contributed by atoms with Crippen molar-refractivity contribution in [3.05, 3.63) is 132 Å². The van der Waals surface area contributed by atoms with Crippen molar-refractivity contribution in [2.75, 3.05) is 13.4 Å². The highest BCUT2D eigenvalue weighted by molar-refractivity contribution is 7.07. The van der Waals surface area contributed by atoms with Gasteiger partial charge in [-0.3, -0.25) is 9.36 Å². The smallest absolute Gasteiger partial charge is 0.338 e. The van der Waals surface area contributed by atoms with Crippen molar-refractivity contribution >= 4 is 23.4 Å². The molecule has 0 saturated carbocycles. The molecular weight excluding hydrogens is 586 g/mol. The van der Waals surface area contributed by atoms with E-state index in [0.717, 1.165) is 28.2 Å². The molecule has 0 bridgehead atoms. The Hall–Kier alpha value is -5.15. The highest BCUT2D eigenvalue weighted by Gasteiger charge is 2.34. The van der Waals surface area contributed by atoms with Crippen LogP contribution in [0.1, 0.15) is 42.4 Å². The van der Waals surface area contributed by atoms with Gasteiger partial charge in [0, 0.05) is 17.1 Å². The van der Waals surface area contributed by atoms with Gasteiger partial charge in [0.2, 0.25) is 6.79 Å². The number of allylic oxidation sites excluding steroid dienone is 1. The number of ether oxygens (including phenoxy) is 3. The zero-order valence-electron chi connectivity index (χ0n) is 25.4. The lowest BCUT2D eigenvalue weighted by molar-refractivity contribution is -0.139. The summed E-state index contributed by atoms with van der Waals surface area (Å²) in [5, 5.41) is 0. The lowest BCUT2D eigenvalue weighted by Crippen LogP contribution is -2.39. The minimum absolute atomic E-state index is 0.122. The summed E-state index contributed by atoms with van der Waals surface area (Å²) in [7, 11) is 0. The van der Waals surface area contributed by atoms with Gasteiger partial charge in [-0.05, 0) is 86.4 Å². The molecule has 0 aliphatic carbocycles. The number of nitrogens with zero attached hydrogens (tertiary/aromatic N) is 3. The first kappa shape index (κ1) is 28.6. The van der Waals surface area contributed by atoms with Crippen molar-refractivity contribution in [1.29, 1.82) is 0 Å². The molecule has 0 N–H and O–H groups in total. The number of aryl methyl sites for hydroxylation is 1. The van der Waals surface area contributed by atoms with Crippen LogP contribution in [0.3, 0.4) is 0 Å². The zero-order chi connectivity index (χ0) is 31.2. The third kappa shape index (κ3) is 4.99. The summed E-state index contributed by atoms with van der Waals surface area (Å²) < 4.78 is 20.9. The SMILES string of the molecule is CCOC(=O)C1=C(C)N=c2s/c(=C/c3cc(C)n(-c4ccc(-c5ccccc5)cc4)c3C)c(=O)n2[C@@H]1c1ccc2c(c1)OCO2. The van der Waals surface area contributed by atoms with Gasteiger partial charge in [0.1, 0.15) is 0 Å². The second kappa shape index (κ2) is 11.4. The molecular formula is C36H31N3O5S. The van der Waals surface area contributed by atoms with Gasteiger partial charge in [0.25, 0.3) is 5.56 Å². The number of carbonyl (C=O) groups excluding carboxylic acids is 1. The number of thiazole rings is 1. The number of hydrogen-bond acceptors (Lipinski definition) is 7. The van der Waals surface area contributed by atoms with Crippen molar-refractivity contribution in [3.8, 4) is 28.3 Å². The molecule has 0 unspecified atom stereocenters. The molecule has 4 heterocycles. The monoisotopic (exact) mass is 617 g/mol. The van der Waals surface area contributed by atoms with Crippen LogP contribution in [0.25, 0.3) is 22.9 Å². The van der Waals surface area contributed by atoms with Crippen LogP contribution in [0.4, 0.5) is 0 Å². The molecule has 0 spiro atoms. The number of carbonyl (C=O) groups is 1. The van der Waals surface area contributed by atoms with Gasteiger partial charge < -0.3 is 18.8 Å². The lowest BCUT2D eigenvalue weighted by atomic mass is 9.95. The first-order chi connectivity index (χ1) is 21.8. The molecule has 2 aliphatic heterocycles. The largest absolute Gasteiger partial charge is 0.463 e. The predicted molar refractivity (Wildman–Crippen MR) is 174 cm³/mol. The van der Waals surface area contributed by atoms with E-state index in [0.29, 0.717) is 37.7 Å². The molecule has 5 aromatic rings. The molecule has 0 radical (unpaired) electrons. The average Bonchev–Trinajstić information content (AvgIpc) is 3.72. The summed E-state index contributed by atoms with van der Waals surface area (Å²) in [6, 6.07) is 25.6. The standard InChI is InChI=1S/C36H31N3O5S/c1-5-42-35(41)32-22(3)37-36-39(33(32)26-13-16-29-30(18-26)44-20-43-29)34(40)31(45-36)19-27-17-21(2)38(23(27)4)28-14-11-25(12-15-28)24-9-7-6-8-10-24/h6-19,33H,5,20H2,1-4H3/b31-19+/t33-/m1/s1. The summed E-state index contributed by atoms with van der Waals surface area (Å²) in [6.45, 7) is 7.98. The van der Waals surface area contributed by atoms with Crippen LogP contribution >= 0.6 is 11.3 Å². The van der Waals surface area contributed by atoms with E-state index in [1.807, 2.05) is 36.4 Å². The van der Waals surface area contributed by atoms with Crippen LogP contribution in [0.15, 0.2) is 99.9 Å². The average molecular weight is 618 g/mol. The van der Waals surface area contributed by atoms with Gasteiger partial charge in [0.15, 0.2) is 16.3 Å². The number of hydrogen-bond donors (Lipinski definition) is 0. The first-order valence-corrected chi connectivity index (χ1v) is 15.6. The normalized spacial score (nSPS) is 15.6. The van der Waals surface area contributed by atoms with E-state index in [-0.39, 0.29) is 19.0 Å². The van der Waals surface area contributed by atoms with Gasteiger partial charge in [0.05, 0.1) is 28.5 Å². The second-order valence-electron chi connectivity index (χ2n) is 11.0. The molecule has 226 valence electrons. The number of benzene rings is 3. The third-order valence-electron chi connectivity index (χ3n) is 8.22. The summed E-state index contributed by atoms with van der Waals surface area (Å²) in [6.07, 6.45) is 1.92. The summed E-state index contributed by atoms with van der Waals surface area (Å²) >= 11 is 1.31. The Labute approximate surface area is 263 Å². The van der Waals surface area contributed by atoms with Crippen LogP contribution < -0.4 is 24.4 Å². The summed E-state index contributed by atoms with van der Waals surface area (Å²) in [5.74, 6) is 0.684. The van der Waals surface area contributed by atoms with E-state index >= 15 is 0 Å². The highest BCUT2D eigenvalue weighted by Crippen LogP contribution is 2.38. The van der Waals surface area contributed by atoms with E-state index in [1.54, 1.807) is 24.5 Å². The minimum Gasteiger partial charge on any atom is -0.463 e. The minimum atomic E-state index is -0.729. The van der Waals surface area contributed by atoms with Crippen LogP contribution in [0.5, 0.6) is 11.5 Å². The van der Waals surface area contributed by atoms with E-state index < -0.39 is 12.0 Å². The van der Waals surface area contributed by atoms with Crippen molar-refractivity contribution in [2.45, 2.75) is 33.7 Å². The van der Waals surface area contributed by atoms with Gasteiger partial charge >= 0.3 is 5.97 Å². The maximum atomic E-state index is 14.2. The van der Waals surface area contributed by atoms with Gasteiger partial charge in [-0.2, -0.15) is 0 Å². The number of fused-ring (bicyclic) bond motifs is 2. The van der Waals surface area contributed by atoms with Crippen molar-refractivity contribution in [1.82, 2.24) is 9.13 Å². The fourth-order valence-corrected chi connectivity index (χ4v) is 7.13. The molecule has 2 aliphatic rings. The Balaban J connectivity index is 1.32. The second-order valence-corrected chi connectivity index (χ2v) is 12.0. The third-order valence-corrected chi connectivity index (χ3v) is 9.20. The van der Waals surface area contributed by atoms with Crippen molar-refractivity contribution in [2.24, 2.45) is 4.99 Å². The number of esters is 1. The Morgan fingerprint density at radius 3 is 2.47 bits per heavy atom. The molecule has 0 fully saturated rings. The molecule has 9 heteroatoms. The molecule has 0 amide bonds. The van der Waals surface area contributed by atoms with E-state index in [9.17, 15) is 9.59 Å². The predicted octanol–water partition coefficient (Wildman–Crippen LogP) is 5.60. The highest BCUT2D eigenvalue weighted by atomic mass is 32.1. The van der Waals surface area contributed by atoms with Crippen LogP contribution in [-0.2, 0) is 9.53 Å². The Bertz CT molecular complexity index is 2170. The van der Waals surface area contributed by atoms with Gasteiger partial charge in [-0.15, -0.1) is 0 Å². The topological polar surface area (TPSA) is 84.1 Å². The zero-order valence-corrected chi connectivity index (χ0v) is 26.2. The summed E-state index contributed by atoms with van der Waals surface area (Å²) in [4.78, 5) is 32.6. The lowest BCUT2D eigenvalue weighted by Gasteiger charge is -2.24. The maximum Gasteiger partial charge on any atom is 0.338 e. The van der Waals surface area contributed by atoms with Gasteiger partial charge in [-0.1, -0.05) is 59.9 Å². The molecule has 3 aromatic carbocycles. The molecule has 1 atom stereocenters. The van der Waals surface area contributed by atoms with Crippen LogP contribution in [0, 0.1) is 13.8 Å². The Kier molecular flexibility index (Phi) is 7.25. The quantitative estimate of drug-likeness (QED) is 0.232. The van der Waals surface area contributed by atoms with Crippen LogP contribution in [0.2, 0.25) is 0 Å². The molecule has 7 rings (SSSR count). The van der Waals surface area contributed by atoms with E-state index in [4.69, 9.17) is 19.2 Å². The number of rotatable bonds is 6. The molecule has 45 heavy (non-hydrogen) atoms. The van der Waals surface area contributed by atoms with Gasteiger partial charge in [-0.25, -0.2) is 9.79 Å². The first-order valence-electron chi connectivity index (χ1n) is 14.8. The van der Waals surface area contributed by atoms with E-state index in [1.165, 1.54) is 16.9 Å². The van der Waals surface area contributed by atoms with E-state index in [2.05, 4.69) is 60.9 Å². The van der Waals surface area contributed by atoms with Crippen molar-refractivity contribution in [3.63, 3.8) is 0 Å². The van der Waals surface area contributed by atoms with Crippen LogP contribution in [-0.4, -0.2) is 28.5 Å². The maximum absolute atomic E-state index is 14.2.